The quantitative estimate of drug-likeness (QED) is 0.741. The van der Waals surface area contributed by atoms with Crippen molar-refractivity contribution in [1.82, 2.24) is 0 Å². The number of hydrogen-bond acceptors (Lipinski definition) is 2. The van der Waals surface area contributed by atoms with Crippen LogP contribution in [0.25, 0.3) is 0 Å². The summed E-state index contributed by atoms with van der Waals surface area (Å²) in [6, 6.07) is 15.9. The van der Waals surface area contributed by atoms with Gasteiger partial charge in [-0.3, -0.25) is 0 Å². The highest BCUT2D eigenvalue weighted by atomic mass is 79.9. The predicted molar refractivity (Wildman–Crippen MR) is 84.0 cm³/mol. The standard InChI is InChI=1S/C14H12Br2OS/c15-11-3-1-10(2-4-11)14(17)9-18-13-7-5-12(16)6-8-13/h1-8,14,17H,9H2. The van der Waals surface area contributed by atoms with Gasteiger partial charge in [-0.05, 0) is 42.0 Å². The maximum absolute atomic E-state index is 10.1. The Morgan fingerprint density at radius 2 is 1.39 bits per heavy atom. The molecule has 0 spiro atoms. The van der Waals surface area contributed by atoms with Crippen LogP contribution in [0.2, 0.25) is 0 Å². The van der Waals surface area contributed by atoms with E-state index in [0.717, 1.165) is 19.4 Å². The first-order valence-electron chi connectivity index (χ1n) is 5.47. The number of thioether (sulfide) groups is 1. The minimum atomic E-state index is -0.438. The topological polar surface area (TPSA) is 20.2 Å². The summed E-state index contributed by atoms with van der Waals surface area (Å²) in [4.78, 5) is 1.16. The molecule has 94 valence electrons. The largest absolute Gasteiger partial charge is 0.388 e. The van der Waals surface area contributed by atoms with Crippen LogP contribution in [-0.4, -0.2) is 10.9 Å². The molecule has 2 aromatic carbocycles. The lowest BCUT2D eigenvalue weighted by Crippen LogP contribution is -2.00. The highest BCUT2D eigenvalue weighted by Crippen LogP contribution is 2.26. The fourth-order valence-corrected chi connectivity index (χ4v) is 2.89. The van der Waals surface area contributed by atoms with E-state index >= 15 is 0 Å². The first-order valence-corrected chi connectivity index (χ1v) is 8.04. The minimum absolute atomic E-state index is 0.438. The maximum Gasteiger partial charge on any atom is 0.0883 e. The molecule has 2 aromatic rings. The third kappa shape index (κ3) is 4.12. The van der Waals surface area contributed by atoms with E-state index in [2.05, 4.69) is 31.9 Å². The zero-order valence-corrected chi connectivity index (χ0v) is 13.5. The van der Waals surface area contributed by atoms with Gasteiger partial charge in [0.15, 0.2) is 0 Å². The lowest BCUT2D eigenvalue weighted by atomic mass is 10.1. The fraction of sp³-hybridized carbons (Fsp3) is 0.143. The van der Waals surface area contributed by atoms with E-state index in [0.29, 0.717) is 5.75 Å². The first-order chi connectivity index (χ1) is 8.65. The number of aliphatic hydroxyl groups excluding tert-OH is 1. The fourth-order valence-electron chi connectivity index (χ4n) is 1.49. The summed E-state index contributed by atoms with van der Waals surface area (Å²) >= 11 is 8.45. The van der Waals surface area contributed by atoms with Crippen LogP contribution in [0, 0.1) is 0 Å². The van der Waals surface area contributed by atoms with Crippen LogP contribution in [-0.2, 0) is 0 Å². The second-order valence-electron chi connectivity index (χ2n) is 3.83. The molecule has 0 radical (unpaired) electrons. The molecule has 2 rings (SSSR count). The van der Waals surface area contributed by atoms with Crippen molar-refractivity contribution in [2.45, 2.75) is 11.0 Å². The molecule has 1 atom stereocenters. The smallest absolute Gasteiger partial charge is 0.0883 e. The van der Waals surface area contributed by atoms with Crippen molar-refractivity contribution in [2.75, 3.05) is 5.75 Å². The molecule has 18 heavy (non-hydrogen) atoms. The molecule has 0 amide bonds. The van der Waals surface area contributed by atoms with E-state index in [1.165, 1.54) is 0 Å². The number of rotatable bonds is 4. The number of aliphatic hydroxyl groups is 1. The molecule has 1 unspecified atom stereocenters. The molecule has 1 N–H and O–H groups in total. The van der Waals surface area contributed by atoms with Gasteiger partial charge in [0.05, 0.1) is 6.10 Å². The molecular weight excluding hydrogens is 376 g/mol. The highest BCUT2D eigenvalue weighted by Gasteiger charge is 2.07. The van der Waals surface area contributed by atoms with Crippen LogP contribution in [0.5, 0.6) is 0 Å². The highest BCUT2D eigenvalue weighted by molar-refractivity contribution is 9.10. The summed E-state index contributed by atoms with van der Waals surface area (Å²) in [6.45, 7) is 0. The van der Waals surface area contributed by atoms with E-state index in [-0.39, 0.29) is 0 Å². The molecule has 0 aliphatic carbocycles. The Bertz CT molecular complexity index is 496. The van der Waals surface area contributed by atoms with Crippen molar-refractivity contribution in [3.8, 4) is 0 Å². The Kier molecular flexibility index (Phi) is 5.30. The molecule has 0 heterocycles. The van der Waals surface area contributed by atoms with Crippen molar-refractivity contribution in [2.24, 2.45) is 0 Å². The summed E-state index contributed by atoms with van der Waals surface area (Å²) in [7, 11) is 0. The molecule has 0 fully saturated rings. The predicted octanol–water partition coefficient (Wildman–Crippen LogP) is 5.04. The van der Waals surface area contributed by atoms with Crippen molar-refractivity contribution in [3.05, 3.63) is 63.0 Å². The Morgan fingerprint density at radius 1 is 0.889 bits per heavy atom. The molecule has 0 aromatic heterocycles. The Labute approximate surface area is 128 Å². The van der Waals surface area contributed by atoms with Crippen LogP contribution in [0.4, 0.5) is 0 Å². The average molecular weight is 388 g/mol. The number of benzene rings is 2. The van der Waals surface area contributed by atoms with Gasteiger partial charge in [-0.15, -0.1) is 11.8 Å². The molecule has 0 bridgehead atoms. The van der Waals surface area contributed by atoms with E-state index in [4.69, 9.17) is 0 Å². The van der Waals surface area contributed by atoms with E-state index in [9.17, 15) is 5.11 Å². The van der Waals surface area contributed by atoms with Gasteiger partial charge in [-0.2, -0.15) is 0 Å². The molecule has 0 saturated carbocycles. The van der Waals surface area contributed by atoms with Crippen molar-refractivity contribution in [3.63, 3.8) is 0 Å². The lowest BCUT2D eigenvalue weighted by Gasteiger charge is -2.10. The molecule has 0 aliphatic heterocycles. The SMILES string of the molecule is OC(CSc1ccc(Br)cc1)c1ccc(Br)cc1. The third-order valence-electron chi connectivity index (χ3n) is 2.48. The third-order valence-corrected chi connectivity index (χ3v) is 4.62. The van der Waals surface area contributed by atoms with Crippen molar-refractivity contribution in [1.29, 1.82) is 0 Å². The van der Waals surface area contributed by atoms with E-state index in [1.54, 1.807) is 11.8 Å². The summed E-state index contributed by atoms with van der Waals surface area (Å²) < 4.78 is 2.10. The lowest BCUT2D eigenvalue weighted by molar-refractivity contribution is 0.204. The van der Waals surface area contributed by atoms with E-state index < -0.39 is 6.10 Å². The second-order valence-corrected chi connectivity index (χ2v) is 6.76. The zero-order chi connectivity index (χ0) is 13.0. The van der Waals surface area contributed by atoms with Gasteiger partial charge >= 0.3 is 0 Å². The Hall–Kier alpha value is -0.290. The molecular formula is C14H12Br2OS. The molecule has 0 aliphatic rings. The molecule has 1 nitrogen and oxygen atoms in total. The van der Waals surface area contributed by atoms with Gasteiger partial charge in [-0.25, -0.2) is 0 Å². The average Bonchev–Trinajstić information content (AvgIpc) is 2.38. The summed E-state index contributed by atoms with van der Waals surface area (Å²) in [6.07, 6.45) is -0.438. The van der Waals surface area contributed by atoms with Gasteiger partial charge in [0.25, 0.3) is 0 Å². The van der Waals surface area contributed by atoms with Gasteiger partial charge in [-0.1, -0.05) is 44.0 Å². The van der Waals surface area contributed by atoms with Crippen molar-refractivity contribution < 1.29 is 5.11 Å². The van der Waals surface area contributed by atoms with Gasteiger partial charge in [0.2, 0.25) is 0 Å². The Morgan fingerprint density at radius 3 is 1.94 bits per heavy atom. The van der Waals surface area contributed by atoms with Crippen molar-refractivity contribution >= 4 is 43.6 Å². The second kappa shape index (κ2) is 6.75. The summed E-state index contributed by atoms with van der Waals surface area (Å²) in [5, 5.41) is 10.1. The van der Waals surface area contributed by atoms with Crippen LogP contribution >= 0.6 is 43.6 Å². The van der Waals surface area contributed by atoms with Crippen LogP contribution < -0.4 is 0 Å². The normalized spacial score (nSPS) is 12.4. The molecule has 4 heteroatoms. The Balaban J connectivity index is 1.93. The van der Waals surface area contributed by atoms with Crippen LogP contribution in [0.1, 0.15) is 11.7 Å². The van der Waals surface area contributed by atoms with Crippen LogP contribution in [0.3, 0.4) is 0 Å². The van der Waals surface area contributed by atoms with Gasteiger partial charge < -0.3 is 5.11 Å². The van der Waals surface area contributed by atoms with Gasteiger partial charge in [0.1, 0.15) is 0 Å². The molecule has 0 saturated heterocycles. The first kappa shape index (κ1) is 14.1. The van der Waals surface area contributed by atoms with E-state index in [1.807, 2.05) is 48.5 Å². The summed E-state index contributed by atoms with van der Waals surface area (Å²) in [5.74, 6) is 0.656. The zero-order valence-electron chi connectivity index (χ0n) is 9.51. The monoisotopic (exact) mass is 386 g/mol. The van der Waals surface area contributed by atoms with Crippen LogP contribution in [0.15, 0.2) is 62.4 Å². The number of hydrogen-bond donors (Lipinski definition) is 1. The number of halogens is 2. The van der Waals surface area contributed by atoms with Gasteiger partial charge in [0, 0.05) is 19.6 Å². The maximum atomic E-state index is 10.1. The minimum Gasteiger partial charge on any atom is -0.388 e. The summed E-state index contributed by atoms with van der Waals surface area (Å²) in [5.41, 5.74) is 0.947.